The van der Waals surface area contributed by atoms with Crippen LogP contribution in [0.5, 0.6) is 5.88 Å². The number of ether oxygens (including phenoxy) is 2. The standard InChI is InChI=1S/C27H43N3O4/c1-7-33-26(32)27(5,6)11-12-30-25(34-17-18(2)3)23(16-28-30)24(31)29-19(4)22-14-20-9-8-10-21(13-20)15-22/h11-12,16,18-22H,7-10,13-15,17H2,1-6H3,(H,29,31)/b12-11+. The van der Waals surface area contributed by atoms with Gasteiger partial charge in [-0.3, -0.25) is 9.59 Å². The summed E-state index contributed by atoms with van der Waals surface area (Å²) in [5.74, 6) is 2.37. The average molecular weight is 474 g/mol. The zero-order valence-electron chi connectivity index (χ0n) is 21.8. The maximum atomic E-state index is 13.3. The highest BCUT2D eigenvalue weighted by atomic mass is 16.5. The van der Waals surface area contributed by atoms with Crippen LogP contribution in [0.4, 0.5) is 0 Å². The maximum Gasteiger partial charge on any atom is 0.315 e. The number of nitrogens with one attached hydrogen (secondary N) is 1. The molecule has 1 amide bonds. The largest absolute Gasteiger partial charge is 0.477 e. The zero-order valence-corrected chi connectivity index (χ0v) is 21.8. The molecule has 2 aliphatic rings. The van der Waals surface area contributed by atoms with Crippen LogP contribution >= 0.6 is 0 Å². The van der Waals surface area contributed by atoms with Crippen LogP contribution in [0.1, 0.15) is 90.4 Å². The lowest BCUT2D eigenvalue weighted by Crippen LogP contribution is -2.42. The highest BCUT2D eigenvalue weighted by Crippen LogP contribution is 2.43. The van der Waals surface area contributed by atoms with E-state index in [1.165, 1.54) is 43.2 Å². The Morgan fingerprint density at radius 2 is 1.88 bits per heavy atom. The molecule has 0 spiro atoms. The molecule has 2 fully saturated rings. The summed E-state index contributed by atoms with van der Waals surface area (Å²) in [5.41, 5.74) is -0.408. The monoisotopic (exact) mass is 473 g/mol. The van der Waals surface area contributed by atoms with Crippen molar-refractivity contribution in [1.29, 1.82) is 0 Å². The number of esters is 1. The number of carbonyl (C=O) groups excluding carboxylic acids is 2. The number of carbonyl (C=O) groups is 2. The molecule has 0 aromatic carbocycles. The first-order valence-electron chi connectivity index (χ1n) is 13.0. The number of nitrogens with zero attached hydrogens (tertiary/aromatic N) is 2. The van der Waals surface area contributed by atoms with Crippen LogP contribution in [-0.4, -0.2) is 40.9 Å². The Morgan fingerprint density at radius 3 is 2.50 bits per heavy atom. The van der Waals surface area contributed by atoms with Crippen LogP contribution < -0.4 is 10.1 Å². The lowest BCUT2D eigenvalue weighted by molar-refractivity contribution is -0.150. The SMILES string of the molecule is CCOC(=O)C(C)(C)/C=C/n1ncc(C(=O)NC(C)C2CC3CCCC(C3)C2)c1OCC(C)C. The fraction of sp³-hybridized carbons (Fsp3) is 0.741. The van der Waals surface area contributed by atoms with Gasteiger partial charge in [0, 0.05) is 12.2 Å². The van der Waals surface area contributed by atoms with Crippen LogP contribution in [0.25, 0.3) is 6.20 Å². The molecule has 3 rings (SSSR count). The zero-order chi connectivity index (χ0) is 24.9. The maximum absolute atomic E-state index is 13.3. The number of hydrogen-bond donors (Lipinski definition) is 1. The van der Waals surface area contributed by atoms with E-state index in [1.807, 2.05) is 0 Å². The molecule has 1 heterocycles. The summed E-state index contributed by atoms with van der Waals surface area (Å²) in [5, 5.41) is 7.62. The van der Waals surface area contributed by atoms with Gasteiger partial charge in [0.15, 0.2) is 0 Å². The molecule has 190 valence electrons. The summed E-state index contributed by atoms with van der Waals surface area (Å²) in [6.07, 6.45) is 12.8. The Labute approximate surface area is 204 Å². The van der Waals surface area contributed by atoms with E-state index in [-0.39, 0.29) is 17.9 Å². The van der Waals surface area contributed by atoms with Gasteiger partial charge < -0.3 is 14.8 Å². The molecule has 34 heavy (non-hydrogen) atoms. The lowest BCUT2D eigenvalue weighted by Gasteiger charge is -2.41. The van der Waals surface area contributed by atoms with Crippen LogP contribution in [-0.2, 0) is 9.53 Å². The van der Waals surface area contributed by atoms with Crippen molar-refractivity contribution in [3.05, 3.63) is 17.8 Å². The summed E-state index contributed by atoms with van der Waals surface area (Å²) >= 11 is 0. The number of aromatic nitrogens is 2. The van der Waals surface area contributed by atoms with Gasteiger partial charge in [-0.15, -0.1) is 0 Å². The number of rotatable bonds is 10. The Morgan fingerprint density at radius 1 is 1.21 bits per heavy atom. The molecule has 3 unspecified atom stereocenters. The molecule has 0 saturated heterocycles. The van der Waals surface area contributed by atoms with Crippen LogP contribution in [0, 0.1) is 29.1 Å². The normalized spacial score (nSPS) is 23.7. The Bertz CT molecular complexity index is 861. The second-order valence-electron chi connectivity index (χ2n) is 11.2. The molecular weight excluding hydrogens is 430 g/mol. The smallest absolute Gasteiger partial charge is 0.315 e. The fourth-order valence-corrected chi connectivity index (χ4v) is 5.24. The first-order valence-corrected chi connectivity index (χ1v) is 13.0. The quantitative estimate of drug-likeness (QED) is 0.466. The molecule has 2 saturated carbocycles. The second-order valence-corrected chi connectivity index (χ2v) is 11.2. The van der Waals surface area contributed by atoms with Gasteiger partial charge in [0.2, 0.25) is 5.88 Å². The topological polar surface area (TPSA) is 82.5 Å². The molecule has 1 aromatic rings. The van der Waals surface area contributed by atoms with E-state index in [4.69, 9.17) is 9.47 Å². The van der Waals surface area contributed by atoms with Gasteiger partial charge in [-0.05, 0) is 76.7 Å². The number of fused-ring (bicyclic) bond motifs is 2. The fourth-order valence-electron chi connectivity index (χ4n) is 5.24. The van der Waals surface area contributed by atoms with Gasteiger partial charge in [-0.25, -0.2) is 4.68 Å². The minimum atomic E-state index is -0.826. The van der Waals surface area contributed by atoms with Crippen molar-refractivity contribution >= 4 is 18.1 Å². The van der Waals surface area contributed by atoms with Crippen molar-refractivity contribution in [2.24, 2.45) is 29.1 Å². The lowest BCUT2D eigenvalue weighted by atomic mass is 9.66. The van der Waals surface area contributed by atoms with Crippen molar-refractivity contribution in [3.8, 4) is 5.88 Å². The molecule has 0 aliphatic heterocycles. The number of hydrogen-bond acceptors (Lipinski definition) is 5. The highest BCUT2D eigenvalue weighted by Gasteiger charge is 2.35. The third-order valence-electron chi connectivity index (χ3n) is 7.21. The van der Waals surface area contributed by atoms with Crippen LogP contribution in [0.15, 0.2) is 12.3 Å². The molecule has 3 atom stereocenters. The van der Waals surface area contributed by atoms with Gasteiger partial charge in [-0.1, -0.05) is 33.1 Å². The summed E-state index contributed by atoms with van der Waals surface area (Å²) < 4.78 is 12.7. The summed E-state index contributed by atoms with van der Waals surface area (Å²) in [4.78, 5) is 25.5. The van der Waals surface area contributed by atoms with Crippen molar-refractivity contribution in [2.75, 3.05) is 13.2 Å². The first kappa shape index (κ1) is 26.3. The van der Waals surface area contributed by atoms with Crippen molar-refractivity contribution in [2.45, 2.75) is 86.1 Å². The van der Waals surface area contributed by atoms with Crippen molar-refractivity contribution in [1.82, 2.24) is 15.1 Å². The van der Waals surface area contributed by atoms with E-state index in [0.717, 1.165) is 11.8 Å². The molecule has 1 N–H and O–H groups in total. The molecule has 2 bridgehead atoms. The van der Waals surface area contributed by atoms with Gasteiger partial charge >= 0.3 is 5.97 Å². The Balaban J connectivity index is 1.74. The van der Waals surface area contributed by atoms with Crippen molar-refractivity contribution in [3.63, 3.8) is 0 Å². The average Bonchev–Trinajstić information content (AvgIpc) is 3.19. The minimum Gasteiger partial charge on any atom is -0.477 e. The van der Waals surface area contributed by atoms with Gasteiger partial charge in [0.25, 0.3) is 5.91 Å². The summed E-state index contributed by atoms with van der Waals surface area (Å²) in [6.45, 7) is 12.4. The first-order chi connectivity index (χ1) is 16.1. The summed E-state index contributed by atoms with van der Waals surface area (Å²) in [6, 6.07) is 0.107. The predicted octanol–water partition coefficient (Wildman–Crippen LogP) is 5.31. The molecule has 7 nitrogen and oxygen atoms in total. The molecular formula is C27H43N3O4. The molecule has 1 aromatic heterocycles. The van der Waals surface area contributed by atoms with Crippen LogP contribution in [0.2, 0.25) is 0 Å². The number of amides is 1. The third-order valence-corrected chi connectivity index (χ3v) is 7.21. The predicted molar refractivity (Wildman–Crippen MR) is 133 cm³/mol. The Kier molecular flexibility index (Phi) is 8.83. The van der Waals surface area contributed by atoms with Gasteiger partial charge in [0.1, 0.15) is 5.56 Å². The van der Waals surface area contributed by atoms with Gasteiger partial charge in [-0.2, -0.15) is 5.10 Å². The van der Waals surface area contributed by atoms with E-state index in [2.05, 4.69) is 31.2 Å². The third kappa shape index (κ3) is 6.63. The van der Waals surface area contributed by atoms with E-state index < -0.39 is 5.41 Å². The Hall–Kier alpha value is -2.31. The highest BCUT2D eigenvalue weighted by molar-refractivity contribution is 5.96. The van der Waals surface area contributed by atoms with E-state index in [0.29, 0.717) is 36.5 Å². The van der Waals surface area contributed by atoms with E-state index in [1.54, 1.807) is 39.2 Å². The van der Waals surface area contributed by atoms with Crippen LogP contribution in [0.3, 0.4) is 0 Å². The molecule has 2 aliphatic carbocycles. The van der Waals surface area contributed by atoms with Gasteiger partial charge in [0.05, 0.1) is 24.8 Å². The van der Waals surface area contributed by atoms with E-state index in [9.17, 15) is 9.59 Å². The minimum absolute atomic E-state index is 0.107. The van der Waals surface area contributed by atoms with E-state index >= 15 is 0 Å². The van der Waals surface area contributed by atoms with Crippen molar-refractivity contribution < 1.29 is 19.1 Å². The molecule has 0 radical (unpaired) electrons. The summed E-state index contributed by atoms with van der Waals surface area (Å²) in [7, 11) is 0. The second kappa shape index (κ2) is 11.4. The molecule has 7 heteroatoms.